The second-order valence-corrected chi connectivity index (χ2v) is 13.1. The van der Waals surface area contributed by atoms with Crippen molar-refractivity contribution in [3.63, 3.8) is 0 Å². The maximum Gasteiger partial charge on any atom is 0.227 e. The molecule has 0 radical (unpaired) electrons. The van der Waals surface area contributed by atoms with E-state index >= 15 is 0 Å². The molecule has 1 atom stereocenters. The lowest BCUT2D eigenvalue weighted by Crippen LogP contribution is -2.48. The number of aryl methyl sites for hydroxylation is 1. The topological polar surface area (TPSA) is 59.7 Å². The number of imidazole rings is 1. The van der Waals surface area contributed by atoms with Crippen molar-refractivity contribution in [2.24, 2.45) is 10.4 Å². The Bertz CT molecular complexity index is 1390. The molecule has 1 aliphatic heterocycles. The van der Waals surface area contributed by atoms with E-state index in [0.29, 0.717) is 0 Å². The number of aliphatic imine (C=N–C) groups is 1. The van der Waals surface area contributed by atoms with Crippen LogP contribution in [0.25, 0.3) is 11.0 Å². The summed E-state index contributed by atoms with van der Waals surface area (Å²) in [6, 6.07) is 17.2. The minimum Gasteiger partial charge on any atom is -0.491 e. The minimum absolute atomic E-state index is 0.0379. The summed E-state index contributed by atoms with van der Waals surface area (Å²) >= 11 is 0. The Kier molecular flexibility index (Phi) is 10.3. The van der Waals surface area contributed by atoms with E-state index in [1.807, 2.05) is 32.9 Å². The van der Waals surface area contributed by atoms with E-state index in [1.54, 1.807) is 0 Å². The lowest BCUT2D eigenvalue weighted by Gasteiger charge is -2.44. The zero-order valence-electron chi connectivity index (χ0n) is 26.8. The monoisotopic (exact) mass is 570 g/mol. The molecule has 2 heterocycles. The van der Waals surface area contributed by atoms with Crippen LogP contribution in [0.4, 0.5) is 0 Å². The van der Waals surface area contributed by atoms with Gasteiger partial charge in [0.25, 0.3) is 0 Å². The molecule has 4 rings (SSSR count). The maximum absolute atomic E-state index is 13.1. The van der Waals surface area contributed by atoms with Crippen molar-refractivity contribution in [3.05, 3.63) is 72.1 Å². The molecule has 0 N–H and O–H groups in total. The number of benzene rings is 2. The van der Waals surface area contributed by atoms with Gasteiger partial charge < -0.3 is 14.2 Å². The molecule has 1 saturated heterocycles. The number of rotatable bonds is 11. The summed E-state index contributed by atoms with van der Waals surface area (Å²) in [6.07, 6.45) is 11.2. The third-order valence-corrected chi connectivity index (χ3v) is 8.47. The fraction of sp³-hybridized carbons (Fsp3) is 0.528. The number of para-hydroxylation sites is 2. The van der Waals surface area contributed by atoms with Crippen LogP contribution >= 0.6 is 0 Å². The first kappa shape index (κ1) is 31.5. The summed E-state index contributed by atoms with van der Waals surface area (Å²) in [5.41, 5.74) is 3.11. The largest absolute Gasteiger partial charge is 0.491 e. The molecule has 1 aliphatic rings. The number of aromatic nitrogens is 2. The number of nitrogens with zero attached hydrogens (tertiary/aromatic N) is 4. The van der Waals surface area contributed by atoms with Crippen molar-refractivity contribution in [3.8, 4) is 5.75 Å². The predicted octanol–water partition coefficient (Wildman–Crippen LogP) is 8.10. The highest BCUT2D eigenvalue weighted by molar-refractivity contribution is 5.81. The maximum atomic E-state index is 13.1. The van der Waals surface area contributed by atoms with Crippen LogP contribution in [-0.4, -0.2) is 52.3 Å². The van der Waals surface area contributed by atoms with Crippen molar-refractivity contribution in [1.82, 2.24) is 14.5 Å². The molecule has 6 nitrogen and oxygen atoms in total. The molecular weight excluding hydrogens is 520 g/mol. The van der Waals surface area contributed by atoms with E-state index in [4.69, 9.17) is 14.7 Å². The molecule has 0 saturated carbocycles. The number of ether oxygens (including phenoxy) is 1. The van der Waals surface area contributed by atoms with Gasteiger partial charge in [0.15, 0.2) is 0 Å². The van der Waals surface area contributed by atoms with Crippen LogP contribution in [0.2, 0.25) is 0 Å². The van der Waals surface area contributed by atoms with E-state index < -0.39 is 0 Å². The van der Waals surface area contributed by atoms with Gasteiger partial charge in [0, 0.05) is 49.1 Å². The quantitative estimate of drug-likeness (QED) is 0.173. The van der Waals surface area contributed by atoms with Crippen molar-refractivity contribution >= 4 is 23.2 Å². The highest BCUT2D eigenvalue weighted by Gasteiger charge is 2.39. The third-order valence-electron chi connectivity index (χ3n) is 8.47. The van der Waals surface area contributed by atoms with Crippen LogP contribution in [0, 0.1) is 12.3 Å². The molecule has 1 amide bonds. The number of amides is 1. The molecule has 0 spiro atoms. The summed E-state index contributed by atoms with van der Waals surface area (Å²) < 4.78 is 8.43. The van der Waals surface area contributed by atoms with Gasteiger partial charge in [-0.05, 0) is 83.2 Å². The Morgan fingerprint density at radius 3 is 2.52 bits per heavy atom. The van der Waals surface area contributed by atoms with E-state index in [0.717, 1.165) is 68.8 Å². The first-order valence-electron chi connectivity index (χ1n) is 15.6. The summed E-state index contributed by atoms with van der Waals surface area (Å²) in [6.45, 7) is 16.6. The summed E-state index contributed by atoms with van der Waals surface area (Å²) in [4.78, 5) is 24.9. The van der Waals surface area contributed by atoms with E-state index in [2.05, 4.69) is 91.9 Å². The van der Waals surface area contributed by atoms with E-state index in [9.17, 15) is 4.79 Å². The predicted molar refractivity (Wildman–Crippen MR) is 175 cm³/mol. The van der Waals surface area contributed by atoms with Crippen molar-refractivity contribution in [2.45, 2.75) is 98.1 Å². The molecule has 2 aromatic carbocycles. The Hall–Kier alpha value is -3.41. The molecule has 0 bridgehead atoms. The second kappa shape index (κ2) is 13.7. The Labute approximate surface area is 252 Å². The van der Waals surface area contributed by atoms with Crippen LogP contribution in [0.3, 0.4) is 0 Å². The number of fused-ring (bicyclic) bond motifs is 1. The van der Waals surface area contributed by atoms with E-state index in [-0.39, 0.29) is 28.9 Å². The molecule has 42 heavy (non-hydrogen) atoms. The highest BCUT2D eigenvalue weighted by atomic mass is 16.5. The Morgan fingerprint density at radius 2 is 1.83 bits per heavy atom. The SMILES string of the molecule is C/C=C\C[C@H](CC=NCCC1(c2cccc(OC(C)C)c2)CCN(C(=O)C(C)(C)C)CC1)n1c(C)nc2ccccc21. The fourth-order valence-corrected chi connectivity index (χ4v) is 6.26. The van der Waals surface area contributed by atoms with Crippen molar-refractivity contribution in [1.29, 1.82) is 0 Å². The molecule has 0 unspecified atom stereocenters. The second-order valence-electron chi connectivity index (χ2n) is 13.1. The number of carbonyl (C=O) groups excluding carboxylic acids is 1. The zero-order valence-corrected chi connectivity index (χ0v) is 26.8. The van der Waals surface area contributed by atoms with Gasteiger partial charge in [0.2, 0.25) is 5.91 Å². The molecule has 6 heteroatoms. The van der Waals surface area contributed by atoms with Crippen LogP contribution in [0.5, 0.6) is 5.75 Å². The van der Waals surface area contributed by atoms with Gasteiger partial charge in [-0.3, -0.25) is 9.79 Å². The number of piperidine rings is 1. The number of likely N-dealkylation sites (tertiary alicyclic amines) is 1. The van der Waals surface area contributed by atoms with E-state index in [1.165, 1.54) is 11.1 Å². The van der Waals surface area contributed by atoms with Gasteiger partial charge in [-0.15, -0.1) is 0 Å². The van der Waals surface area contributed by atoms with Gasteiger partial charge in [0.1, 0.15) is 11.6 Å². The van der Waals surface area contributed by atoms with Gasteiger partial charge in [-0.25, -0.2) is 4.98 Å². The van der Waals surface area contributed by atoms with Gasteiger partial charge in [0.05, 0.1) is 17.1 Å². The van der Waals surface area contributed by atoms with Gasteiger partial charge >= 0.3 is 0 Å². The third kappa shape index (κ3) is 7.50. The Balaban J connectivity index is 1.51. The van der Waals surface area contributed by atoms with Crippen LogP contribution < -0.4 is 4.74 Å². The van der Waals surface area contributed by atoms with Crippen LogP contribution in [-0.2, 0) is 10.2 Å². The lowest BCUT2D eigenvalue weighted by molar-refractivity contribution is -0.141. The molecule has 1 aromatic heterocycles. The first-order valence-corrected chi connectivity index (χ1v) is 15.6. The average molecular weight is 571 g/mol. The summed E-state index contributed by atoms with van der Waals surface area (Å²) in [5.74, 6) is 2.19. The number of allylic oxidation sites excluding steroid dienone is 2. The normalized spacial score (nSPS) is 16.6. The zero-order chi connectivity index (χ0) is 30.3. The summed E-state index contributed by atoms with van der Waals surface area (Å²) in [7, 11) is 0. The lowest BCUT2D eigenvalue weighted by atomic mass is 9.70. The van der Waals surface area contributed by atoms with Gasteiger partial charge in [-0.1, -0.05) is 57.2 Å². The van der Waals surface area contributed by atoms with Crippen molar-refractivity contribution < 1.29 is 9.53 Å². The Morgan fingerprint density at radius 1 is 1.10 bits per heavy atom. The molecule has 0 aliphatic carbocycles. The van der Waals surface area contributed by atoms with Crippen LogP contribution in [0.1, 0.15) is 91.1 Å². The highest BCUT2D eigenvalue weighted by Crippen LogP contribution is 2.41. The average Bonchev–Trinajstić information content (AvgIpc) is 3.29. The standard InChI is InChI=1S/C36H50N4O2/c1-8-9-14-30(40-28(4)38-32-16-10-11-17-33(32)40)18-22-37-23-19-36(29-13-12-15-31(26-29)42-27(2)3)20-24-39(25-21-36)34(41)35(5,6)7/h8-13,15-17,22,26-27,30H,14,18-21,23-25H2,1-7H3/b9-8-,37-22?/t30-/m1/s1. The first-order chi connectivity index (χ1) is 20.0. The fourth-order valence-electron chi connectivity index (χ4n) is 6.26. The molecule has 3 aromatic rings. The smallest absolute Gasteiger partial charge is 0.227 e. The van der Waals surface area contributed by atoms with Gasteiger partial charge in [-0.2, -0.15) is 0 Å². The van der Waals surface area contributed by atoms with Crippen molar-refractivity contribution in [2.75, 3.05) is 19.6 Å². The number of carbonyl (C=O) groups is 1. The number of hydrogen-bond donors (Lipinski definition) is 0. The summed E-state index contributed by atoms with van der Waals surface area (Å²) in [5, 5.41) is 0. The molecule has 226 valence electrons. The molecular formula is C36H50N4O2. The molecule has 1 fully saturated rings. The van der Waals surface area contributed by atoms with Crippen LogP contribution in [0.15, 0.2) is 65.7 Å². The minimum atomic E-state index is -0.363. The number of hydrogen-bond acceptors (Lipinski definition) is 4.